The number of aromatic amines is 3. The van der Waals surface area contributed by atoms with Gasteiger partial charge in [0.25, 0.3) is 35.4 Å². The van der Waals surface area contributed by atoms with Gasteiger partial charge in [0.05, 0.1) is 87.2 Å². The van der Waals surface area contributed by atoms with Gasteiger partial charge in [-0.05, 0) is 84.9 Å². The predicted molar refractivity (Wildman–Crippen MR) is 418 cm³/mol. The van der Waals surface area contributed by atoms with E-state index in [1.54, 1.807) is 150 Å². The molecule has 3 aromatic carbocycles. The lowest BCUT2D eigenvalue weighted by Gasteiger charge is -2.20. The second-order valence-electron chi connectivity index (χ2n) is 24.0. The molecule has 0 radical (unpaired) electrons. The molecular weight excluding hydrogens is 1680 g/mol. The number of alkyl halides is 1. The number of fused-ring (bicyclic) bond motifs is 4. The third-order valence-corrected chi connectivity index (χ3v) is 17.4. The van der Waals surface area contributed by atoms with E-state index in [9.17, 15) is 55.9 Å². The topological polar surface area (TPSA) is 444 Å². The largest absolute Gasteiger partial charge is 0.489 e. The van der Waals surface area contributed by atoms with Gasteiger partial charge in [-0.25, -0.2) is 27.3 Å². The smallest absolute Gasteiger partial charge is 0.356 e. The maximum atomic E-state index is 14.3. The quantitative estimate of drug-likeness (QED) is 0.0437. The van der Waals surface area contributed by atoms with E-state index >= 15 is 0 Å². The monoisotopic (exact) mass is 1740 g/mol. The van der Waals surface area contributed by atoms with Crippen LogP contribution in [0.15, 0.2) is 171 Å². The molecule has 4 aliphatic heterocycles. The number of likely N-dealkylation sites (N-methyl/N-ethyl adjacent to an activating group) is 4. The molecule has 0 saturated heterocycles. The number of nitrogens with one attached hydrogen (secondary N) is 6. The number of para-hydroxylation sites is 6. The maximum Gasteiger partial charge on any atom is 0.356 e. The molecule has 0 unspecified atom stereocenters. The number of amides is 7. The Bertz CT molecular complexity index is 5050. The zero-order chi connectivity index (χ0) is 83.0. The van der Waals surface area contributed by atoms with Crippen molar-refractivity contribution in [2.75, 3.05) is 74.2 Å². The number of carboxylic acids is 1. The molecule has 0 aliphatic carbocycles. The van der Waals surface area contributed by atoms with Crippen LogP contribution in [0, 0.1) is 23.3 Å². The number of halogens is 9. The maximum absolute atomic E-state index is 14.3. The Morgan fingerprint density at radius 1 is 0.500 bits per heavy atom. The number of nitrogens with zero attached hydrogens (tertiary/aromatic N) is 13. The molecule has 12 heterocycles. The summed E-state index contributed by atoms with van der Waals surface area (Å²) in [5.74, 6) is -5.40. The van der Waals surface area contributed by atoms with Crippen LogP contribution in [-0.4, -0.2) is 197 Å². The summed E-state index contributed by atoms with van der Waals surface area (Å²) >= 11 is 20.2. The summed E-state index contributed by atoms with van der Waals surface area (Å²) in [7, 11) is 6.41. The number of hydrogen-bond acceptors (Lipinski definition) is 22. The van der Waals surface area contributed by atoms with Crippen LogP contribution < -0.4 is 60.2 Å². The van der Waals surface area contributed by atoms with Gasteiger partial charge in [0.1, 0.15) is 67.8 Å². The number of aliphatic hydroxyl groups excluding tert-OH is 1. The number of hydrogen-bond donors (Lipinski definition) is 9. The fourth-order valence-corrected chi connectivity index (χ4v) is 10.9. The molecule has 0 saturated carbocycles. The number of ether oxygens (including phenoxy) is 4. The number of aromatic carboxylic acids is 1. The van der Waals surface area contributed by atoms with E-state index in [0.29, 0.717) is 72.3 Å². The first-order chi connectivity index (χ1) is 55.1. The van der Waals surface area contributed by atoms with Crippen molar-refractivity contribution >= 4 is 133 Å². The van der Waals surface area contributed by atoms with E-state index in [0.717, 1.165) is 35.8 Å². The number of carbonyl (C=O) groups excluding carboxylic acids is 7. The van der Waals surface area contributed by atoms with Gasteiger partial charge in [0.15, 0.2) is 57.6 Å². The lowest BCUT2D eigenvalue weighted by molar-refractivity contribution is -0.121. The predicted octanol–water partition coefficient (Wildman–Crippen LogP) is 7.97. The van der Waals surface area contributed by atoms with Gasteiger partial charge in [0.2, 0.25) is 5.91 Å². The van der Waals surface area contributed by atoms with Crippen molar-refractivity contribution in [1.29, 1.82) is 0 Å². The van der Waals surface area contributed by atoms with Crippen LogP contribution in [0.5, 0.6) is 23.0 Å². The Hall–Kier alpha value is -12.7. The van der Waals surface area contributed by atoms with E-state index in [1.165, 1.54) is 36.7 Å². The SMILES string of the molecule is CN1C(=O)[C@@H](N)COc2cccnc21.CN1C(=O)[C@@H](NC(=O)c2[nH]ncc2F)COc2ccccc21.CN1C(=O)[C@@H](NC(=O)c2[nH]ncc2F)COc2ccccc21.CN1C(=O)[C@@H](NC(=O)c2nn(Cc3ccc(Cl)cn3)cc2F)COc2ccccc21.Cl.Clc1ccc(CBr)nc1.O=C(O)c1[nH]ncc1F.OCc1ccc(Cl)cn1. The first-order valence-electron chi connectivity index (χ1n) is 33.7. The standard InChI is InChI=1S/C20H17ClFN5O3.2C14H13FN4O3.C9H11N3O2.C6H5BrClN.C6H6ClNO.C4H3FN2O2.ClH/c1-26-16-4-2-3-5-17(16)30-11-15(20(26)29)24-19(28)18-14(22)10-27(25-18)9-13-7-6-12(21)8-23-13;2*1-19-10-4-2-3-5-11(10)22-7-9(14(19)21)17-13(20)12-8(15)6-16-18-12;1-12-8-7(3-2-4-11-8)14-5-6(10)9(12)13;7-3-6-2-1-5(8)4-9-6;7-5-1-2-6(4-9)8-3-5;5-2-1-6-7-3(2)4(8)9;/h2-8,10,15H,9,11H2,1H3,(H,24,28);2*2-6,9H,7H2,1H3,(H,16,18)(H,17,20);2-4,6H,5,10H2,1H3;1-2,4H,3H2;1-3,9H,4H2;1H,(H,6,7)(H,8,9);1H/t15-;2*9-;6-;;;;/m0000..../s1. The fourth-order valence-electron chi connectivity index (χ4n) is 10.3. The van der Waals surface area contributed by atoms with E-state index in [2.05, 4.69) is 82.4 Å². The number of carboxylic acid groups (broad SMARTS) is 1. The van der Waals surface area contributed by atoms with Gasteiger partial charge in [-0.1, -0.05) is 87.1 Å². The summed E-state index contributed by atoms with van der Waals surface area (Å²) in [4.78, 5) is 117. The van der Waals surface area contributed by atoms with Crippen LogP contribution in [0.4, 0.5) is 40.4 Å². The van der Waals surface area contributed by atoms with Crippen molar-refractivity contribution in [2.24, 2.45) is 5.73 Å². The highest BCUT2D eigenvalue weighted by atomic mass is 79.9. The molecule has 11 aromatic rings. The van der Waals surface area contributed by atoms with Gasteiger partial charge in [-0.3, -0.25) is 73.4 Å². The van der Waals surface area contributed by atoms with Crippen molar-refractivity contribution in [2.45, 2.75) is 42.6 Å². The summed E-state index contributed by atoms with van der Waals surface area (Å²) in [6, 6.07) is 31.6. The molecule has 0 fully saturated rings. The molecule has 116 heavy (non-hydrogen) atoms. The third-order valence-electron chi connectivity index (χ3n) is 16.2. The molecule has 4 aliphatic rings. The lowest BCUT2D eigenvalue weighted by atomic mass is 10.2. The lowest BCUT2D eigenvalue weighted by Crippen LogP contribution is -2.49. The number of H-pyrrole nitrogens is 3. The van der Waals surface area contributed by atoms with Crippen LogP contribution in [-0.2, 0) is 37.7 Å². The minimum absolute atomic E-state index is 0. The van der Waals surface area contributed by atoms with Crippen molar-refractivity contribution in [3.8, 4) is 23.0 Å². The Morgan fingerprint density at radius 3 is 1.27 bits per heavy atom. The van der Waals surface area contributed by atoms with Crippen LogP contribution in [0.1, 0.15) is 59.0 Å². The number of rotatable bonds is 11. The van der Waals surface area contributed by atoms with Crippen molar-refractivity contribution in [3.63, 3.8) is 0 Å². The minimum Gasteiger partial charge on any atom is -0.489 e. The van der Waals surface area contributed by atoms with Gasteiger partial charge in [0, 0.05) is 58.3 Å². The second-order valence-corrected chi connectivity index (χ2v) is 25.9. The first kappa shape index (κ1) is 88.9. The molecule has 608 valence electrons. The molecule has 8 aromatic heterocycles. The van der Waals surface area contributed by atoms with E-state index in [4.69, 9.17) is 69.7 Å². The molecule has 43 heteroatoms. The number of aliphatic hydroxyl groups is 1. The molecular formula is C73H69BrCl4F4N20O14. The highest BCUT2D eigenvalue weighted by Crippen LogP contribution is 2.33. The third kappa shape index (κ3) is 23.7. The molecule has 15 rings (SSSR count). The van der Waals surface area contributed by atoms with Crippen LogP contribution in [0.3, 0.4) is 0 Å². The molecule has 4 atom stereocenters. The molecule has 0 spiro atoms. The zero-order valence-corrected chi connectivity index (χ0v) is 65.7. The van der Waals surface area contributed by atoms with Crippen LogP contribution in [0.25, 0.3) is 0 Å². The Morgan fingerprint density at radius 2 is 0.888 bits per heavy atom. The van der Waals surface area contributed by atoms with Crippen molar-refractivity contribution < 1.29 is 85.1 Å². The molecule has 10 N–H and O–H groups in total. The summed E-state index contributed by atoms with van der Waals surface area (Å²) in [6.45, 7) is 0.163. The summed E-state index contributed by atoms with van der Waals surface area (Å²) < 4.78 is 76.5. The Balaban J connectivity index is 0.000000177. The average Bonchev–Trinajstić information content (AvgIpc) is 1.89. The molecule has 34 nitrogen and oxygen atoms in total. The second kappa shape index (κ2) is 42.5. The molecule has 0 bridgehead atoms. The number of benzene rings is 3. The zero-order valence-electron chi connectivity index (χ0n) is 61.0. The summed E-state index contributed by atoms with van der Waals surface area (Å²) in [6.07, 6.45) is 9.91. The van der Waals surface area contributed by atoms with Crippen LogP contribution >= 0.6 is 63.1 Å². The van der Waals surface area contributed by atoms with Gasteiger partial charge in [-0.15, -0.1) is 12.4 Å². The number of pyridine rings is 4. The summed E-state index contributed by atoms with van der Waals surface area (Å²) in [5, 5.41) is 47.1. The highest BCUT2D eigenvalue weighted by molar-refractivity contribution is 9.08. The van der Waals surface area contributed by atoms with Gasteiger partial charge >= 0.3 is 5.97 Å². The van der Waals surface area contributed by atoms with Gasteiger partial charge < -0.3 is 65.5 Å². The number of nitrogens with two attached hydrogens (primary N) is 1. The molecule has 7 amide bonds. The number of aromatic nitrogens is 12. The van der Waals surface area contributed by atoms with E-state index in [1.807, 2.05) is 17.2 Å². The van der Waals surface area contributed by atoms with Gasteiger partial charge in [-0.2, -0.15) is 20.4 Å². The van der Waals surface area contributed by atoms with Crippen LogP contribution in [0.2, 0.25) is 15.1 Å². The van der Waals surface area contributed by atoms with Crippen molar-refractivity contribution in [3.05, 3.63) is 249 Å². The van der Waals surface area contributed by atoms with E-state index in [-0.39, 0.29) is 87.0 Å². The fraction of sp³-hybridized carbons (Fsp3) is 0.205. The number of carbonyl (C=O) groups is 8. The summed E-state index contributed by atoms with van der Waals surface area (Å²) in [5.41, 5.74) is 8.08. The van der Waals surface area contributed by atoms with Crippen molar-refractivity contribution in [1.82, 2.24) is 76.3 Å². The normalized spacial score (nSPS) is 15.5. The average molecular weight is 1750 g/mol. The Labute approximate surface area is 685 Å². The van der Waals surface area contributed by atoms with E-state index < -0.39 is 82.5 Å². The number of anilines is 4. The first-order valence-corrected chi connectivity index (χ1v) is 35.9. The Kier molecular flexibility index (Phi) is 32.5. The minimum atomic E-state index is -1.34. The highest BCUT2D eigenvalue weighted by Gasteiger charge is 2.35.